The van der Waals surface area contributed by atoms with Crippen molar-refractivity contribution < 1.29 is 9.59 Å². The highest BCUT2D eigenvalue weighted by Gasteiger charge is 2.67. The average Bonchev–Trinajstić information content (AvgIpc) is 3.19. The fourth-order valence-electron chi connectivity index (χ4n) is 5.31. The van der Waals surface area contributed by atoms with Crippen molar-refractivity contribution in [3.05, 3.63) is 41.7 Å². The number of aryl methyl sites for hydroxylation is 2. The van der Waals surface area contributed by atoms with Gasteiger partial charge in [-0.25, -0.2) is 4.98 Å². The predicted octanol–water partition coefficient (Wildman–Crippen LogP) is 2.60. The maximum atomic E-state index is 12.1. The maximum absolute atomic E-state index is 12.1. The van der Waals surface area contributed by atoms with E-state index < -0.39 is 0 Å². The lowest BCUT2D eigenvalue weighted by Crippen LogP contribution is -2.61. The summed E-state index contributed by atoms with van der Waals surface area (Å²) in [4.78, 5) is 30.5. The number of aromatic nitrogens is 2. The number of imide groups is 1. The predicted molar refractivity (Wildman–Crippen MR) is 89.4 cm³/mol. The number of benzene rings is 1. The van der Waals surface area contributed by atoms with Crippen LogP contribution in [0.1, 0.15) is 37.1 Å². The molecule has 1 aliphatic heterocycles. The van der Waals surface area contributed by atoms with Crippen LogP contribution in [0.2, 0.25) is 0 Å². The molecule has 0 unspecified atom stereocenters. The van der Waals surface area contributed by atoms with Crippen molar-refractivity contribution in [2.24, 2.45) is 0 Å². The summed E-state index contributed by atoms with van der Waals surface area (Å²) in [5, 5.41) is 0. The molecular weight excluding hydrogens is 302 g/mol. The fourth-order valence-corrected chi connectivity index (χ4v) is 5.31. The maximum Gasteiger partial charge on any atom is 0.254 e. The molecule has 0 radical (unpaired) electrons. The molecule has 3 aliphatic carbocycles. The van der Waals surface area contributed by atoms with E-state index in [-0.39, 0.29) is 22.9 Å². The van der Waals surface area contributed by atoms with E-state index in [1.807, 2.05) is 0 Å². The Kier molecular flexibility index (Phi) is 2.41. The number of nitrogens with zero attached hydrogens (tertiary/aromatic N) is 3. The van der Waals surface area contributed by atoms with Gasteiger partial charge in [0.05, 0.1) is 22.1 Å². The van der Waals surface area contributed by atoms with Crippen molar-refractivity contribution in [2.75, 3.05) is 0 Å². The largest absolute Gasteiger partial charge is 0.322 e. The SMILES string of the molecule is Cc1ccc2c(c1)nc(C)n2C12CCC(N3C(=O)C=CC3=O)(C1)C2. The molecule has 5 heteroatoms. The Morgan fingerprint density at radius 3 is 2.38 bits per heavy atom. The topological polar surface area (TPSA) is 55.2 Å². The summed E-state index contributed by atoms with van der Waals surface area (Å²) < 4.78 is 2.35. The molecule has 2 bridgehead atoms. The van der Waals surface area contributed by atoms with Gasteiger partial charge in [0, 0.05) is 12.2 Å². The minimum atomic E-state index is -0.286. The lowest BCUT2D eigenvalue weighted by atomic mass is 9.69. The van der Waals surface area contributed by atoms with E-state index in [0.717, 1.165) is 42.5 Å². The molecule has 0 saturated heterocycles. The van der Waals surface area contributed by atoms with Crippen LogP contribution >= 0.6 is 0 Å². The number of carbonyl (C=O) groups is 2. The van der Waals surface area contributed by atoms with Gasteiger partial charge in [-0.2, -0.15) is 0 Å². The second kappa shape index (κ2) is 4.15. The Balaban J connectivity index is 1.56. The van der Waals surface area contributed by atoms with Crippen molar-refractivity contribution >= 4 is 22.8 Å². The van der Waals surface area contributed by atoms with E-state index >= 15 is 0 Å². The van der Waals surface area contributed by atoms with Gasteiger partial charge in [-0.1, -0.05) is 6.07 Å². The van der Waals surface area contributed by atoms with Gasteiger partial charge >= 0.3 is 0 Å². The van der Waals surface area contributed by atoms with Crippen LogP contribution in [0.25, 0.3) is 11.0 Å². The van der Waals surface area contributed by atoms with Gasteiger partial charge in [-0.3, -0.25) is 14.5 Å². The van der Waals surface area contributed by atoms with Crippen molar-refractivity contribution in [1.29, 1.82) is 0 Å². The summed E-state index contributed by atoms with van der Waals surface area (Å²) >= 11 is 0. The molecule has 24 heavy (non-hydrogen) atoms. The minimum Gasteiger partial charge on any atom is -0.322 e. The summed E-state index contributed by atoms with van der Waals surface area (Å²) in [5.41, 5.74) is 3.10. The standard InChI is InChI=1S/C19H19N3O2/c1-12-3-4-15-14(9-12)20-13(2)21(15)18-7-8-19(10-18,11-18)22-16(23)5-6-17(22)24/h3-6,9H,7-8,10-11H2,1-2H3. The Bertz CT molecular complexity index is 929. The number of imidazole rings is 1. The Morgan fingerprint density at radius 1 is 1.00 bits per heavy atom. The summed E-state index contributed by atoms with van der Waals surface area (Å²) in [5.74, 6) is 0.708. The third-order valence-electron chi connectivity index (χ3n) is 6.11. The number of fused-ring (bicyclic) bond motifs is 2. The van der Waals surface area contributed by atoms with Crippen molar-refractivity contribution in [1.82, 2.24) is 14.5 Å². The summed E-state index contributed by atoms with van der Waals surface area (Å²) in [6.07, 6.45) is 6.37. The van der Waals surface area contributed by atoms with Crippen LogP contribution in [-0.4, -0.2) is 31.8 Å². The first-order chi connectivity index (χ1) is 11.4. The second-order valence-electron chi connectivity index (χ2n) is 7.63. The third-order valence-corrected chi connectivity index (χ3v) is 6.11. The molecule has 2 amide bonds. The number of amides is 2. The van der Waals surface area contributed by atoms with Crippen LogP contribution in [0.3, 0.4) is 0 Å². The molecule has 0 N–H and O–H groups in total. The van der Waals surface area contributed by atoms with Gasteiger partial charge in [0.15, 0.2) is 0 Å². The Hall–Kier alpha value is -2.43. The first kappa shape index (κ1) is 14.0. The van der Waals surface area contributed by atoms with Gasteiger partial charge in [0.1, 0.15) is 5.82 Å². The fraction of sp³-hybridized carbons (Fsp3) is 0.421. The van der Waals surface area contributed by atoms with E-state index in [2.05, 4.69) is 36.6 Å². The van der Waals surface area contributed by atoms with E-state index in [4.69, 9.17) is 4.98 Å². The van der Waals surface area contributed by atoms with Gasteiger partial charge in [-0.05, 0) is 57.2 Å². The highest BCUT2D eigenvalue weighted by Crippen LogP contribution is 2.63. The molecule has 3 fully saturated rings. The molecule has 2 heterocycles. The smallest absolute Gasteiger partial charge is 0.254 e. The van der Waals surface area contributed by atoms with Gasteiger partial charge in [0.2, 0.25) is 0 Å². The van der Waals surface area contributed by atoms with Crippen LogP contribution in [0.5, 0.6) is 0 Å². The van der Waals surface area contributed by atoms with Crippen LogP contribution < -0.4 is 0 Å². The zero-order valence-corrected chi connectivity index (χ0v) is 13.9. The first-order valence-corrected chi connectivity index (χ1v) is 8.47. The molecule has 2 aromatic rings. The van der Waals surface area contributed by atoms with Gasteiger partial charge < -0.3 is 4.57 Å². The molecule has 0 atom stereocenters. The van der Waals surface area contributed by atoms with Crippen molar-refractivity contribution in [3.63, 3.8) is 0 Å². The highest BCUT2D eigenvalue weighted by molar-refractivity contribution is 6.13. The van der Waals surface area contributed by atoms with E-state index in [0.29, 0.717) is 0 Å². The van der Waals surface area contributed by atoms with Gasteiger partial charge in [0.25, 0.3) is 11.8 Å². The second-order valence-corrected chi connectivity index (χ2v) is 7.63. The van der Waals surface area contributed by atoms with Gasteiger partial charge in [-0.15, -0.1) is 0 Å². The molecule has 1 aromatic carbocycles. The van der Waals surface area contributed by atoms with E-state index in [1.54, 1.807) is 0 Å². The number of hydrogen-bond donors (Lipinski definition) is 0. The number of carbonyl (C=O) groups excluding carboxylic acids is 2. The zero-order valence-electron chi connectivity index (χ0n) is 13.9. The minimum absolute atomic E-state index is 0.00274. The lowest BCUT2D eigenvalue weighted by Gasteiger charge is -2.52. The molecule has 3 saturated carbocycles. The summed E-state index contributed by atoms with van der Waals surface area (Å²) in [6.45, 7) is 4.13. The van der Waals surface area contributed by atoms with Crippen molar-refractivity contribution in [2.45, 2.75) is 50.6 Å². The van der Waals surface area contributed by atoms with Crippen molar-refractivity contribution in [3.8, 4) is 0 Å². The molecule has 5 nitrogen and oxygen atoms in total. The normalized spacial score (nSPS) is 31.3. The lowest BCUT2D eigenvalue weighted by molar-refractivity contribution is -0.149. The molecular formula is C19H19N3O2. The van der Waals surface area contributed by atoms with Crippen LogP contribution in [0.4, 0.5) is 0 Å². The first-order valence-electron chi connectivity index (χ1n) is 8.47. The number of rotatable bonds is 2. The molecule has 0 spiro atoms. The monoisotopic (exact) mass is 321 g/mol. The van der Waals surface area contributed by atoms with Crippen LogP contribution in [-0.2, 0) is 15.1 Å². The zero-order chi connectivity index (χ0) is 16.7. The number of hydrogen-bond acceptors (Lipinski definition) is 3. The average molecular weight is 321 g/mol. The molecule has 122 valence electrons. The summed E-state index contributed by atoms with van der Waals surface area (Å²) in [7, 11) is 0. The van der Waals surface area contributed by atoms with E-state index in [9.17, 15) is 9.59 Å². The third kappa shape index (κ3) is 1.52. The molecule has 1 aromatic heterocycles. The van der Waals surface area contributed by atoms with Crippen LogP contribution in [0.15, 0.2) is 30.4 Å². The molecule has 4 aliphatic rings. The van der Waals surface area contributed by atoms with E-state index in [1.165, 1.54) is 22.6 Å². The summed E-state index contributed by atoms with van der Waals surface area (Å²) in [6, 6.07) is 6.38. The Labute approximate surface area is 140 Å². The highest BCUT2D eigenvalue weighted by atomic mass is 16.2. The quantitative estimate of drug-likeness (QED) is 0.799. The molecule has 6 rings (SSSR count). The Morgan fingerprint density at radius 2 is 1.67 bits per heavy atom. The van der Waals surface area contributed by atoms with Crippen LogP contribution in [0, 0.1) is 13.8 Å².